The van der Waals surface area contributed by atoms with Gasteiger partial charge in [0.05, 0.1) is 31.3 Å². The molecule has 0 amide bonds. The molecule has 5 N–H and O–H groups in total. The average molecular weight is 765 g/mol. The van der Waals surface area contributed by atoms with Crippen LogP contribution < -0.4 is 0 Å². The van der Waals surface area contributed by atoms with Gasteiger partial charge < -0.3 is 38.5 Å². The fraction of sp³-hybridized carbons (Fsp3) is 0.902. The lowest BCUT2D eigenvalue weighted by molar-refractivity contribution is -0.111. The second kappa shape index (κ2) is 39.7. The van der Waals surface area contributed by atoms with E-state index in [9.17, 15) is 24.7 Å². The number of rotatable bonds is 41. The second-order valence-corrected chi connectivity index (χ2v) is 16.1. The van der Waals surface area contributed by atoms with Gasteiger partial charge in [-0.15, -0.1) is 0 Å². The van der Waals surface area contributed by atoms with E-state index in [-0.39, 0.29) is 13.2 Å². The van der Waals surface area contributed by atoms with E-state index < -0.39 is 35.3 Å². The lowest BCUT2D eigenvalue weighted by Crippen LogP contribution is -2.47. The van der Waals surface area contributed by atoms with E-state index in [2.05, 4.69) is 38.2 Å². The molecular formula is C41H82O8P2. The van der Waals surface area contributed by atoms with Crippen LogP contribution in [0.3, 0.4) is 0 Å². The van der Waals surface area contributed by atoms with E-state index in [1.807, 2.05) is 0 Å². The first-order chi connectivity index (χ1) is 24.9. The summed E-state index contributed by atoms with van der Waals surface area (Å²) in [4.78, 5) is 37.8. The average Bonchev–Trinajstić information content (AvgIpc) is 3.12. The van der Waals surface area contributed by atoms with Crippen molar-refractivity contribution in [2.45, 2.75) is 206 Å². The highest BCUT2D eigenvalue weighted by Gasteiger charge is 2.41. The SMILES string of the molecule is CCCCCCCCC=CCCCCCCCCOC(CCCCCCCCC=CCCCCCCCC)C(CO)(COP(O)O)COP(O)O. The Labute approximate surface area is 317 Å². The molecule has 1 atom stereocenters. The summed E-state index contributed by atoms with van der Waals surface area (Å²) < 4.78 is 16.7. The Kier molecular flexibility index (Phi) is 39.7. The highest BCUT2D eigenvalue weighted by atomic mass is 31.2. The van der Waals surface area contributed by atoms with Gasteiger partial charge in [-0.25, -0.2) is 0 Å². The normalized spacial score (nSPS) is 13.2. The summed E-state index contributed by atoms with van der Waals surface area (Å²) in [5.41, 5.74) is -1.14. The van der Waals surface area contributed by atoms with Crippen LogP contribution in [0.5, 0.6) is 0 Å². The van der Waals surface area contributed by atoms with E-state index in [0.29, 0.717) is 13.0 Å². The molecule has 0 aromatic heterocycles. The topological polar surface area (TPSA) is 129 Å². The lowest BCUT2D eigenvalue weighted by Gasteiger charge is -2.38. The molecule has 0 aliphatic heterocycles. The number of hydrogen-bond donors (Lipinski definition) is 5. The van der Waals surface area contributed by atoms with Crippen molar-refractivity contribution in [3.8, 4) is 0 Å². The van der Waals surface area contributed by atoms with Crippen molar-refractivity contribution < 1.29 is 38.5 Å². The Morgan fingerprint density at radius 2 is 0.804 bits per heavy atom. The molecule has 0 radical (unpaired) electrons. The predicted molar refractivity (Wildman–Crippen MR) is 217 cm³/mol. The summed E-state index contributed by atoms with van der Waals surface area (Å²) in [6.45, 7) is 4.21. The van der Waals surface area contributed by atoms with Gasteiger partial charge in [0.25, 0.3) is 0 Å². The molecule has 8 nitrogen and oxygen atoms in total. The molecule has 0 aromatic carbocycles. The van der Waals surface area contributed by atoms with Crippen LogP contribution in [0.2, 0.25) is 0 Å². The number of aliphatic hydroxyl groups is 1. The Hall–Kier alpha value is 0.0200. The number of ether oxygens (including phenoxy) is 1. The number of hydrogen-bond acceptors (Lipinski definition) is 8. The Bertz CT molecular complexity index is 741. The van der Waals surface area contributed by atoms with Crippen LogP contribution in [-0.4, -0.2) is 57.2 Å². The van der Waals surface area contributed by atoms with Gasteiger partial charge in [0.1, 0.15) is 0 Å². The summed E-state index contributed by atoms with van der Waals surface area (Å²) in [6.07, 6.45) is 43.9. The molecule has 0 saturated heterocycles. The summed E-state index contributed by atoms with van der Waals surface area (Å²) in [5, 5.41) is 10.5. The maximum absolute atomic E-state index is 10.5. The van der Waals surface area contributed by atoms with Crippen LogP contribution in [0.15, 0.2) is 24.3 Å². The van der Waals surface area contributed by atoms with Gasteiger partial charge in [0, 0.05) is 6.61 Å². The standard InChI is InChI=1S/C41H82O8P2/c1-3-5-7-9-11-13-15-17-19-21-23-25-27-29-31-33-35-40(41(37-42,38-48-50(43)44)39-49-51(45)46)47-36-34-32-30-28-26-24-22-20-18-16-14-12-10-8-6-4-2/h17-20,40,42-46H,3-16,21-39H2,1-2H3. The van der Waals surface area contributed by atoms with E-state index in [0.717, 1.165) is 44.9 Å². The maximum atomic E-state index is 10.5. The summed E-state index contributed by atoms with van der Waals surface area (Å²) >= 11 is 0. The Morgan fingerprint density at radius 3 is 1.16 bits per heavy atom. The Morgan fingerprint density at radius 1 is 0.471 bits per heavy atom. The molecule has 0 aromatic rings. The predicted octanol–water partition coefficient (Wildman–Crippen LogP) is 12.3. The maximum Gasteiger partial charge on any atom is 0.327 e. The van der Waals surface area contributed by atoms with E-state index in [1.165, 1.54) is 135 Å². The third kappa shape index (κ3) is 34.3. The van der Waals surface area contributed by atoms with Gasteiger partial charge >= 0.3 is 17.2 Å². The number of unbranched alkanes of at least 4 members (excludes halogenated alkanes) is 24. The highest BCUT2D eigenvalue weighted by Crippen LogP contribution is 2.38. The third-order valence-electron chi connectivity index (χ3n) is 9.89. The molecule has 0 aliphatic carbocycles. The van der Waals surface area contributed by atoms with Crippen molar-refractivity contribution in [1.82, 2.24) is 0 Å². The van der Waals surface area contributed by atoms with Crippen LogP contribution in [0.4, 0.5) is 0 Å². The minimum Gasteiger partial charge on any atom is -0.396 e. The van der Waals surface area contributed by atoms with Crippen molar-refractivity contribution in [3.05, 3.63) is 24.3 Å². The molecule has 0 rings (SSSR count). The van der Waals surface area contributed by atoms with Gasteiger partial charge in [0.15, 0.2) is 0 Å². The summed E-state index contributed by atoms with van der Waals surface area (Å²) in [7, 11) is -5.28. The fourth-order valence-electron chi connectivity index (χ4n) is 6.51. The van der Waals surface area contributed by atoms with Crippen LogP contribution in [-0.2, 0) is 13.8 Å². The van der Waals surface area contributed by atoms with Crippen molar-refractivity contribution in [1.29, 1.82) is 0 Å². The first kappa shape index (κ1) is 51.0. The molecule has 0 bridgehead atoms. The van der Waals surface area contributed by atoms with Crippen LogP contribution >= 0.6 is 17.2 Å². The largest absolute Gasteiger partial charge is 0.396 e. The molecule has 304 valence electrons. The summed E-state index contributed by atoms with van der Waals surface area (Å²) in [5.74, 6) is 0. The zero-order valence-electron chi connectivity index (χ0n) is 33.1. The molecule has 10 heteroatoms. The van der Waals surface area contributed by atoms with E-state index in [1.54, 1.807) is 0 Å². The molecule has 0 fully saturated rings. The monoisotopic (exact) mass is 765 g/mol. The van der Waals surface area contributed by atoms with Gasteiger partial charge in [-0.3, -0.25) is 0 Å². The number of allylic oxidation sites excluding steroid dienone is 4. The van der Waals surface area contributed by atoms with Crippen molar-refractivity contribution >= 4 is 17.2 Å². The Balaban J connectivity index is 4.49. The van der Waals surface area contributed by atoms with Crippen LogP contribution in [0, 0.1) is 5.41 Å². The summed E-state index contributed by atoms with van der Waals surface area (Å²) in [6, 6.07) is 0. The van der Waals surface area contributed by atoms with Crippen molar-refractivity contribution in [2.24, 2.45) is 5.41 Å². The molecule has 1 unspecified atom stereocenters. The molecule has 0 aliphatic rings. The zero-order chi connectivity index (χ0) is 37.5. The highest BCUT2D eigenvalue weighted by molar-refractivity contribution is 7.39. The fourth-order valence-corrected chi connectivity index (χ4v) is 7.26. The first-order valence-electron chi connectivity index (χ1n) is 21.1. The number of aliphatic hydroxyl groups excluding tert-OH is 1. The minimum absolute atomic E-state index is 0.212. The van der Waals surface area contributed by atoms with Crippen LogP contribution in [0.1, 0.15) is 200 Å². The van der Waals surface area contributed by atoms with Gasteiger partial charge in [0.2, 0.25) is 0 Å². The van der Waals surface area contributed by atoms with Crippen molar-refractivity contribution in [3.63, 3.8) is 0 Å². The van der Waals surface area contributed by atoms with Crippen molar-refractivity contribution in [2.75, 3.05) is 26.4 Å². The smallest absolute Gasteiger partial charge is 0.327 e. The van der Waals surface area contributed by atoms with Crippen LogP contribution in [0.25, 0.3) is 0 Å². The van der Waals surface area contributed by atoms with E-state index >= 15 is 0 Å². The zero-order valence-corrected chi connectivity index (χ0v) is 34.9. The first-order valence-corrected chi connectivity index (χ1v) is 23.4. The molecule has 0 spiro atoms. The molecule has 0 heterocycles. The van der Waals surface area contributed by atoms with Gasteiger partial charge in [-0.2, -0.15) is 0 Å². The molecule has 0 saturated carbocycles. The molecule has 51 heavy (non-hydrogen) atoms. The molecular weight excluding hydrogens is 682 g/mol. The quantitative estimate of drug-likeness (QED) is 0.0236. The van der Waals surface area contributed by atoms with E-state index in [4.69, 9.17) is 13.8 Å². The lowest BCUT2D eigenvalue weighted by atomic mass is 9.81. The van der Waals surface area contributed by atoms with Gasteiger partial charge in [-0.1, -0.05) is 160 Å². The third-order valence-corrected chi connectivity index (χ3v) is 10.6. The second-order valence-electron chi connectivity index (χ2n) is 14.6. The van der Waals surface area contributed by atoms with Gasteiger partial charge in [-0.05, 0) is 64.2 Å². The minimum atomic E-state index is -2.64.